The first-order valence-corrected chi connectivity index (χ1v) is 9.65. The molecule has 10 heteroatoms. The van der Waals surface area contributed by atoms with E-state index in [4.69, 9.17) is 9.15 Å². The van der Waals surface area contributed by atoms with Crippen molar-refractivity contribution in [2.24, 2.45) is 0 Å². The number of halogens is 1. The maximum absolute atomic E-state index is 12.6. The molecule has 0 saturated heterocycles. The summed E-state index contributed by atoms with van der Waals surface area (Å²) in [5.74, 6) is -1.75. The Hall–Kier alpha value is -2.33. The molecule has 0 bridgehead atoms. The molecule has 0 fully saturated rings. The van der Waals surface area contributed by atoms with Crippen LogP contribution in [0.25, 0.3) is 0 Å². The quantitative estimate of drug-likeness (QED) is 0.679. The number of furan rings is 1. The van der Waals surface area contributed by atoms with E-state index in [-0.39, 0.29) is 23.6 Å². The first-order chi connectivity index (χ1) is 12.2. The van der Waals surface area contributed by atoms with E-state index in [0.29, 0.717) is 4.47 Å². The van der Waals surface area contributed by atoms with Crippen molar-refractivity contribution in [3.8, 4) is 0 Å². The lowest BCUT2D eigenvalue weighted by Crippen LogP contribution is -2.17. The molecule has 0 amide bonds. The van der Waals surface area contributed by atoms with Crippen LogP contribution < -0.4 is 4.72 Å². The van der Waals surface area contributed by atoms with Gasteiger partial charge in [0.25, 0.3) is 10.0 Å². The predicted octanol–water partition coefficient (Wildman–Crippen LogP) is 3.11. The first kappa shape index (κ1) is 20.0. The third-order valence-electron chi connectivity index (χ3n) is 3.20. The highest BCUT2D eigenvalue weighted by Crippen LogP contribution is 2.31. The van der Waals surface area contributed by atoms with E-state index in [1.54, 1.807) is 19.9 Å². The molecule has 1 aromatic carbocycles. The Morgan fingerprint density at radius 1 is 1.23 bits per heavy atom. The van der Waals surface area contributed by atoms with Crippen molar-refractivity contribution < 1.29 is 31.9 Å². The fraction of sp³-hybridized carbons (Fsp3) is 0.250. The summed E-state index contributed by atoms with van der Waals surface area (Å²) in [5.41, 5.74) is 0.779. The molecule has 0 saturated carbocycles. The molecule has 0 unspecified atom stereocenters. The van der Waals surface area contributed by atoms with Crippen LogP contribution in [0, 0.1) is 6.92 Å². The molecule has 0 atom stereocenters. The van der Waals surface area contributed by atoms with E-state index < -0.39 is 27.1 Å². The minimum absolute atomic E-state index is 0.00469. The lowest BCUT2D eigenvalue weighted by molar-refractivity contribution is 0.0525. The molecule has 140 valence electrons. The van der Waals surface area contributed by atoms with Crippen molar-refractivity contribution in [2.45, 2.75) is 18.9 Å². The van der Waals surface area contributed by atoms with Crippen LogP contribution in [-0.4, -0.2) is 34.1 Å². The van der Waals surface area contributed by atoms with Gasteiger partial charge in [-0.15, -0.1) is 0 Å². The van der Waals surface area contributed by atoms with Crippen LogP contribution >= 0.6 is 15.9 Å². The zero-order chi connectivity index (χ0) is 19.5. The lowest BCUT2D eigenvalue weighted by atomic mass is 10.1. The van der Waals surface area contributed by atoms with E-state index in [1.807, 2.05) is 0 Å². The molecular weight excluding hydrogens is 430 g/mol. The van der Waals surface area contributed by atoms with Gasteiger partial charge in [-0.25, -0.2) is 9.59 Å². The highest BCUT2D eigenvalue weighted by atomic mass is 79.9. The number of ether oxygens (including phenoxy) is 2. The Labute approximate surface area is 158 Å². The van der Waals surface area contributed by atoms with Gasteiger partial charge in [0.15, 0.2) is 0 Å². The Balaban J connectivity index is 2.45. The topological polar surface area (TPSA) is 112 Å². The minimum Gasteiger partial charge on any atom is -0.463 e. The number of methoxy groups -OCH3 is 1. The highest BCUT2D eigenvalue weighted by molar-refractivity contribution is 9.10. The second kappa shape index (κ2) is 7.92. The van der Waals surface area contributed by atoms with Gasteiger partial charge in [0.1, 0.15) is 0 Å². The van der Waals surface area contributed by atoms with Crippen molar-refractivity contribution in [1.29, 1.82) is 0 Å². The molecule has 0 spiro atoms. The van der Waals surface area contributed by atoms with Gasteiger partial charge in [0.2, 0.25) is 10.9 Å². The summed E-state index contributed by atoms with van der Waals surface area (Å²) in [4.78, 5) is 23.6. The number of anilines is 1. The lowest BCUT2D eigenvalue weighted by Gasteiger charge is -2.14. The summed E-state index contributed by atoms with van der Waals surface area (Å²) in [6.07, 6.45) is 0. The van der Waals surface area contributed by atoms with Gasteiger partial charge >= 0.3 is 11.9 Å². The van der Waals surface area contributed by atoms with Gasteiger partial charge in [0, 0.05) is 4.47 Å². The van der Waals surface area contributed by atoms with Crippen molar-refractivity contribution in [2.75, 3.05) is 18.4 Å². The second-order valence-electron chi connectivity index (χ2n) is 5.11. The average molecular weight is 446 g/mol. The average Bonchev–Trinajstić information content (AvgIpc) is 3.07. The zero-order valence-electron chi connectivity index (χ0n) is 14.2. The predicted molar refractivity (Wildman–Crippen MR) is 95.7 cm³/mol. The van der Waals surface area contributed by atoms with Crippen LogP contribution in [0.2, 0.25) is 0 Å². The largest absolute Gasteiger partial charge is 0.463 e. The smallest absolute Gasteiger partial charge is 0.374 e. The summed E-state index contributed by atoms with van der Waals surface area (Å²) in [6, 6.07) is 5.43. The SMILES string of the molecule is CCOC(=O)c1cc(C)cc(Br)c1NS(=O)(=O)c1ccc(C(=O)OC)o1. The van der Waals surface area contributed by atoms with Gasteiger partial charge in [-0.3, -0.25) is 4.72 Å². The number of benzene rings is 1. The van der Waals surface area contributed by atoms with Gasteiger partial charge < -0.3 is 13.9 Å². The Bertz CT molecular complexity index is 950. The molecule has 0 aliphatic carbocycles. The first-order valence-electron chi connectivity index (χ1n) is 7.37. The van der Waals surface area contributed by atoms with Gasteiger partial charge in [-0.1, -0.05) is 0 Å². The standard InChI is InChI=1S/C16H16BrNO7S/c1-4-24-15(19)10-7-9(2)8-11(17)14(10)18-26(21,22)13-6-5-12(25-13)16(20)23-3/h5-8,18H,4H2,1-3H3. The fourth-order valence-corrected chi connectivity index (χ4v) is 3.92. The summed E-state index contributed by atoms with van der Waals surface area (Å²) >= 11 is 3.24. The van der Waals surface area contributed by atoms with Gasteiger partial charge in [-0.05, 0) is 59.6 Å². The van der Waals surface area contributed by atoms with Crippen molar-refractivity contribution in [1.82, 2.24) is 0 Å². The number of sulfonamides is 1. The molecule has 0 aliphatic rings. The molecule has 1 aromatic heterocycles. The maximum Gasteiger partial charge on any atom is 0.374 e. The van der Waals surface area contributed by atoms with Crippen molar-refractivity contribution in [3.63, 3.8) is 0 Å². The Kier molecular flexibility index (Phi) is 6.09. The normalized spacial score (nSPS) is 11.1. The molecule has 0 aliphatic heterocycles. The van der Waals surface area contributed by atoms with Crippen LogP contribution in [0.15, 0.2) is 38.2 Å². The summed E-state index contributed by atoms with van der Waals surface area (Å²) in [5, 5.41) is -0.500. The van der Waals surface area contributed by atoms with Gasteiger partial charge in [-0.2, -0.15) is 8.42 Å². The van der Waals surface area contributed by atoms with Crippen LogP contribution in [0.4, 0.5) is 5.69 Å². The van der Waals surface area contributed by atoms with E-state index in [2.05, 4.69) is 25.4 Å². The van der Waals surface area contributed by atoms with Crippen LogP contribution in [0.3, 0.4) is 0 Å². The number of nitrogens with one attached hydrogen (secondary N) is 1. The van der Waals surface area contributed by atoms with Crippen molar-refractivity contribution in [3.05, 3.63) is 45.6 Å². The summed E-state index contributed by atoms with van der Waals surface area (Å²) in [7, 11) is -3.06. The third-order valence-corrected chi connectivity index (χ3v) is 5.05. The molecule has 2 rings (SSSR count). The number of hydrogen-bond acceptors (Lipinski definition) is 7. The van der Waals surface area contributed by atoms with E-state index in [1.165, 1.54) is 12.1 Å². The number of rotatable bonds is 6. The molecule has 0 radical (unpaired) electrons. The monoisotopic (exact) mass is 445 g/mol. The van der Waals surface area contributed by atoms with Crippen LogP contribution in [-0.2, 0) is 19.5 Å². The number of esters is 2. The molecular formula is C16H16BrNO7S. The number of hydrogen-bond donors (Lipinski definition) is 1. The van der Waals surface area contributed by atoms with E-state index >= 15 is 0 Å². The van der Waals surface area contributed by atoms with Crippen LogP contribution in [0.5, 0.6) is 0 Å². The minimum atomic E-state index is -4.20. The van der Waals surface area contributed by atoms with E-state index in [9.17, 15) is 18.0 Å². The summed E-state index contributed by atoms with van der Waals surface area (Å²) < 4.78 is 42.2. The Morgan fingerprint density at radius 3 is 2.54 bits per heavy atom. The molecule has 1 heterocycles. The Morgan fingerprint density at radius 2 is 1.92 bits per heavy atom. The number of carbonyl (C=O) groups excluding carboxylic acids is 2. The zero-order valence-corrected chi connectivity index (χ0v) is 16.6. The third kappa shape index (κ3) is 4.25. The molecule has 8 nitrogen and oxygen atoms in total. The maximum atomic E-state index is 12.6. The van der Waals surface area contributed by atoms with E-state index in [0.717, 1.165) is 18.7 Å². The van der Waals surface area contributed by atoms with Gasteiger partial charge in [0.05, 0.1) is 25.0 Å². The fourth-order valence-electron chi connectivity index (χ4n) is 2.08. The molecule has 2 aromatic rings. The van der Waals surface area contributed by atoms with Crippen molar-refractivity contribution >= 4 is 43.6 Å². The highest BCUT2D eigenvalue weighted by Gasteiger charge is 2.26. The number of carbonyl (C=O) groups is 2. The van der Waals surface area contributed by atoms with Crippen LogP contribution in [0.1, 0.15) is 33.4 Å². The number of aryl methyl sites for hydroxylation is 1. The molecule has 26 heavy (non-hydrogen) atoms. The summed E-state index contributed by atoms with van der Waals surface area (Å²) in [6.45, 7) is 3.53. The molecule has 1 N–H and O–H groups in total. The second-order valence-corrected chi connectivity index (χ2v) is 7.57.